The summed E-state index contributed by atoms with van der Waals surface area (Å²) < 4.78 is 5.25. The number of amides is 1. The van der Waals surface area contributed by atoms with Gasteiger partial charge in [-0.15, -0.1) is 0 Å². The van der Waals surface area contributed by atoms with Crippen LogP contribution >= 0.6 is 0 Å². The molecule has 0 bridgehead atoms. The number of likely N-dealkylation sites (N-methyl/N-ethyl adjacent to an activating group) is 1. The van der Waals surface area contributed by atoms with Crippen molar-refractivity contribution in [1.29, 1.82) is 0 Å². The van der Waals surface area contributed by atoms with Crippen molar-refractivity contribution < 1.29 is 29.2 Å². The molecule has 2 aliphatic heterocycles. The number of carbonyl (C=O) groups is 2. The highest BCUT2D eigenvalue weighted by molar-refractivity contribution is 6.06. The minimum Gasteiger partial charge on any atom is -0.465 e. The SMILES string of the molecule is CCOC(=O)C12CC(c3ccccc3)(c3ccccc3)OOC1(O)CN(C)C2=O. The van der Waals surface area contributed by atoms with Gasteiger partial charge in [0.1, 0.15) is 0 Å². The summed E-state index contributed by atoms with van der Waals surface area (Å²) in [4.78, 5) is 39.1. The molecule has 29 heavy (non-hydrogen) atoms. The van der Waals surface area contributed by atoms with Crippen molar-refractivity contribution in [2.75, 3.05) is 20.2 Å². The summed E-state index contributed by atoms with van der Waals surface area (Å²) in [5.74, 6) is -3.53. The average Bonchev–Trinajstić information content (AvgIpc) is 2.95. The highest BCUT2D eigenvalue weighted by Gasteiger charge is 2.75. The first kappa shape index (κ1) is 19.6. The maximum absolute atomic E-state index is 13.3. The van der Waals surface area contributed by atoms with Gasteiger partial charge in [-0.3, -0.25) is 9.59 Å². The lowest BCUT2D eigenvalue weighted by Gasteiger charge is -2.48. The Bertz CT molecular complexity index is 878. The number of fused-ring (bicyclic) bond motifs is 1. The predicted molar refractivity (Wildman–Crippen MR) is 102 cm³/mol. The zero-order valence-corrected chi connectivity index (χ0v) is 16.3. The molecule has 152 valence electrons. The molecular formula is C22H23NO6. The van der Waals surface area contributed by atoms with Crippen LogP contribution < -0.4 is 0 Å². The van der Waals surface area contributed by atoms with Crippen molar-refractivity contribution in [3.05, 3.63) is 71.8 Å². The van der Waals surface area contributed by atoms with Crippen molar-refractivity contribution in [1.82, 2.24) is 4.90 Å². The van der Waals surface area contributed by atoms with Gasteiger partial charge in [0.15, 0.2) is 5.60 Å². The van der Waals surface area contributed by atoms with Crippen LogP contribution in [0.2, 0.25) is 0 Å². The summed E-state index contributed by atoms with van der Waals surface area (Å²) in [5.41, 5.74) is -1.86. The number of ether oxygens (including phenoxy) is 1. The second-order valence-corrected chi connectivity index (χ2v) is 7.47. The second kappa shape index (κ2) is 6.95. The lowest BCUT2D eigenvalue weighted by atomic mass is 9.67. The third-order valence-corrected chi connectivity index (χ3v) is 5.77. The fourth-order valence-electron chi connectivity index (χ4n) is 4.33. The summed E-state index contributed by atoms with van der Waals surface area (Å²) in [6.07, 6.45) is -0.160. The highest BCUT2D eigenvalue weighted by atomic mass is 17.2. The van der Waals surface area contributed by atoms with Crippen molar-refractivity contribution in [3.63, 3.8) is 0 Å². The first-order valence-electron chi connectivity index (χ1n) is 9.53. The first-order valence-corrected chi connectivity index (χ1v) is 9.53. The Balaban J connectivity index is 1.94. The van der Waals surface area contributed by atoms with E-state index in [0.717, 1.165) is 0 Å². The molecule has 1 N–H and O–H groups in total. The summed E-state index contributed by atoms with van der Waals surface area (Å²) in [6, 6.07) is 18.4. The largest absolute Gasteiger partial charge is 0.465 e. The van der Waals surface area contributed by atoms with E-state index in [9.17, 15) is 14.7 Å². The molecule has 0 aromatic heterocycles. The lowest BCUT2D eigenvalue weighted by Crippen LogP contribution is -2.64. The number of nitrogens with zero attached hydrogens (tertiary/aromatic N) is 1. The maximum Gasteiger partial charge on any atom is 0.327 e. The van der Waals surface area contributed by atoms with Crippen LogP contribution in [0.3, 0.4) is 0 Å². The zero-order valence-electron chi connectivity index (χ0n) is 16.3. The Labute approximate surface area is 168 Å². The van der Waals surface area contributed by atoms with E-state index in [1.165, 1.54) is 11.9 Å². The number of hydrogen-bond acceptors (Lipinski definition) is 6. The quantitative estimate of drug-likeness (QED) is 0.483. The van der Waals surface area contributed by atoms with Crippen LogP contribution in [-0.4, -0.2) is 47.9 Å². The molecule has 1 amide bonds. The van der Waals surface area contributed by atoms with Crippen LogP contribution in [0.25, 0.3) is 0 Å². The Hall–Kier alpha value is -2.74. The van der Waals surface area contributed by atoms with Gasteiger partial charge in [0.05, 0.1) is 13.2 Å². The molecule has 0 aliphatic carbocycles. The molecule has 7 heteroatoms. The number of rotatable bonds is 4. The normalized spacial score (nSPS) is 28.1. The molecule has 2 heterocycles. The second-order valence-electron chi connectivity index (χ2n) is 7.47. The fourth-order valence-corrected chi connectivity index (χ4v) is 4.33. The van der Waals surface area contributed by atoms with Crippen LogP contribution in [-0.2, 0) is 29.7 Å². The number of hydrogen-bond donors (Lipinski definition) is 1. The van der Waals surface area contributed by atoms with Gasteiger partial charge < -0.3 is 14.7 Å². The van der Waals surface area contributed by atoms with Crippen molar-refractivity contribution >= 4 is 11.9 Å². The van der Waals surface area contributed by atoms with E-state index < -0.39 is 28.7 Å². The molecule has 4 rings (SSSR count). The Morgan fingerprint density at radius 3 is 2.14 bits per heavy atom. The first-order chi connectivity index (χ1) is 13.9. The predicted octanol–water partition coefficient (Wildman–Crippen LogP) is 1.99. The van der Waals surface area contributed by atoms with Crippen LogP contribution in [0, 0.1) is 5.41 Å². The number of β-amino-alcohol motifs (C(OH)–C–C–N with tert-alkyl or cyclic N) is 1. The molecule has 0 spiro atoms. The number of benzene rings is 2. The molecule has 0 saturated carbocycles. The zero-order chi connectivity index (χ0) is 20.7. The Kier molecular flexibility index (Phi) is 4.69. The molecule has 2 saturated heterocycles. The number of aliphatic hydroxyl groups is 1. The Morgan fingerprint density at radius 1 is 1.07 bits per heavy atom. The smallest absolute Gasteiger partial charge is 0.327 e. The summed E-state index contributed by atoms with van der Waals surface area (Å²) in [5, 5.41) is 11.2. The molecule has 0 radical (unpaired) electrons. The average molecular weight is 397 g/mol. The van der Waals surface area contributed by atoms with Crippen LogP contribution in [0.15, 0.2) is 60.7 Å². The van der Waals surface area contributed by atoms with E-state index in [1.54, 1.807) is 6.92 Å². The van der Waals surface area contributed by atoms with Crippen molar-refractivity contribution in [2.45, 2.75) is 24.7 Å². The highest BCUT2D eigenvalue weighted by Crippen LogP contribution is 2.57. The van der Waals surface area contributed by atoms with Gasteiger partial charge in [0.2, 0.25) is 17.1 Å². The molecule has 2 aromatic rings. The van der Waals surface area contributed by atoms with E-state index in [2.05, 4.69) is 0 Å². The molecule has 2 unspecified atom stereocenters. The van der Waals surface area contributed by atoms with Crippen LogP contribution in [0.4, 0.5) is 0 Å². The topological polar surface area (TPSA) is 85.3 Å². The minimum atomic E-state index is -2.15. The van der Waals surface area contributed by atoms with Gasteiger partial charge >= 0.3 is 5.97 Å². The number of carbonyl (C=O) groups excluding carboxylic acids is 2. The van der Waals surface area contributed by atoms with Gasteiger partial charge in [-0.1, -0.05) is 60.7 Å². The van der Waals surface area contributed by atoms with Gasteiger partial charge in [-0.05, 0) is 18.1 Å². The molecular weight excluding hydrogens is 374 g/mol. The maximum atomic E-state index is 13.3. The van der Waals surface area contributed by atoms with E-state index in [1.807, 2.05) is 60.7 Å². The fraction of sp³-hybridized carbons (Fsp3) is 0.364. The molecule has 2 aliphatic rings. The van der Waals surface area contributed by atoms with E-state index in [-0.39, 0.29) is 19.6 Å². The van der Waals surface area contributed by atoms with Gasteiger partial charge in [0.25, 0.3) is 0 Å². The van der Waals surface area contributed by atoms with E-state index in [4.69, 9.17) is 14.5 Å². The van der Waals surface area contributed by atoms with Crippen LogP contribution in [0.1, 0.15) is 24.5 Å². The van der Waals surface area contributed by atoms with Gasteiger partial charge in [-0.2, -0.15) is 4.89 Å². The summed E-state index contributed by atoms with van der Waals surface area (Å²) in [6.45, 7) is 1.51. The van der Waals surface area contributed by atoms with Crippen molar-refractivity contribution in [2.24, 2.45) is 5.41 Å². The monoisotopic (exact) mass is 397 g/mol. The number of likely N-dealkylation sites (tertiary alicyclic amines) is 1. The molecule has 7 nitrogen and oxygen atoms in total. The third kappa shape index (κ3) is 2.69. The third-order valence-electron chi connectivity index (χ3n) is 5.77. The summed E-state index contributed by atoms with van der Waals surface area (Å²) >= 11 is 0. The molecule has 2 fully saturated rings. The number of esters is 1. The molecule has 2 atom stereocenters. The molecule has 2 aromatic carbocycles. The Morgan fingerprint density at radius 2 is 1.62 bits per heavy atom. The van der Waals surface area contributed by atoms with E-state index >= 15 is 0 Å². The summed E-state index contributed by atoms with van der Waals surface area (Å²) in [7, 11) is 1.51. The van der Waals surface area contributed by atoms with Gasteiger partial charge in [-0.25, -0.2) is 4.89 Å². The lowest BCUT2D eigenvalue weighted by molar-refractivity contribution is -0.497. The van der Waals surface area contributed by atoms with E-state index in [0.29, 0.717) is 11.1 Å². The van der Waals surface area contributed by atoms with Crippen molar-refractivity contribution in [3.8, 4) is 0 Å². The standard InChI is InChI=1S/C22H23NO6/c1-3-27-19(25)20-14-21(16-10-6-4-7-11-16,17-12-8-5-9-13-17)28-29-22(20,26)15-23(2)18(20)24/h4-13,26H,3,14-15H2,1-2H3. The van der Waals surface area contributed by atoms with Gasteiger partial charge in [0, 0.05) is 13.5 Å². The minimum absolute atomic E-state index is 0.0676. The van der Waals surface area contributed by atoms with Crippen LogP contribution in [0.5, 0.6) is 0 Å².